The number of aliphatic carboxylic acids is 1. The molecule has 0 aliphatic carbocycles. The highest BCUT2D eigenvalue weighted by atomic mass is 16.6. The van der Waals surface area contributed by atoms with Crippen LogP contribution in [0.1, 0.15) is 27.2 Å². The second-order valence-corrected chi connectivity index (χ2v) is 4.20. The summed E-state index contributed by atoms with van der Waals surface area (Å²) in [5.74, 6) is -1.02. The highest BCUT2D eigenvalue weighted by molar-refractivity contribution is 5.71. The van der Waals surface area contributed by atoms with E-state index in [1.165, 1.54) is 0 Å². The second-order valence-electron chi connectivity index (χ2n) is 4.20. The number of hydrogen-bond donors (Lipinski definition) is 1. The lowest BCUT2D eigenvalue weighted by Crippen LogP contribution is -2.38. The Hall–Kier alpha value is -1.77. The van der Waals surface area contributed by atoms with Crippen molar-refractivity contribution < 1.29 is 19.4 Å². The third kappa shape index (κ3) is 6.65. The van der Waals surface area contributed by atoms with E-state index in [1.807, 2.05) is 0 Å². The Morgan fingerprint density at radius 3 is 2.38 bits per heavy atom. The number of nitriles is 1. The fraction of sp³-hybridized carbons (Fsp3) is 0.700. The van der Waals surface area contributed by atoms with Crippen molar-refractivity contribution in [3.63, 3.8) is 0 Å². The third-order valence-corrected chi connectivity index (χ3v) is 1.51. The van der Waals surface area contributed by atoms with E-state index in [0.717, 1.165) is 4.90 Å². The van der Waals surface area contributed by atoms with Gasteiger partial charge in [0.1, 0.15) is 12.1 Å². The Morgan fingerprint density at radius 1 is 1.44 bits per heavy atom. The maximum absolute atomic E-state index is 11.5. The summed E-state index contributed by atoms with van der Waals surface area (Å²) in [6.45, 7) is 4.89. The summed E-state index contributed by atoms with van der Waals surface area (Å²) in [4.78, 5) is 22.9. The van der Waals surface area contributed by atoms with Crippen molar-refractivity contribution in [2.24, 2.45) is 0 Å². The molecule has 0 aliphatic rings. The average Bonchev–Trinajstić information content (AvgIpc) is 2.08. The third-order valence-electron chi connectivity index (χ3n) is 1.51. The normalized spacial score (nSPS) is 10.4. The van der Waals surface area contributed by atoms with E-state index in [1.54, 1.807) is 26.8 Å². The Morgan fingerprint density at radius 2 is 2.00 bits per heavy atom. The van der Waals surface area contributed by atoms with Gasteiger partial charge < -0.3 is 9.84 Å². The molecule has 0 atom stereocenters. The Kier molecular flexibility index (Phi) is 5.30. The molecule has 0 saturated heterocycles. The Labute approximate surface area is 94.4 Å². The molecule has 0 aromatic rings. The first-order chi connectivity index (χ1) is 7.26. The first-order valence-electron chi connectivity index (χ1n) is 4.83. The minimum Gasteiger partial charge on any atom is -0.481 e. The first-order valence-corrected chi connectivity index (χ1v) is 4.83. The van der Waals surface area contributed by atoms with Crippen molar-refractivity contribution in [2.75, 3.05) is 13.1 Å². The zero-order valence-corrected chi connectivity index (χ0v) is 9.69. The van der Waals surface area contributed by atoms with Gasteiger partial charge in [0.15, 0.2) is 0 Å². The molecule has 16 heavy (non-hydrogen) atoms. The van der Waals surface area contributed by atoms with Crippen molar-refractivity contribution >= 4 is 12.1 Å². The number of amides is 1. The molecule has 0 aliphatic heterocycles. The molecule has 0 unspecified atom stereocenters. The number of nitrogens with zero attached hydrogens (tertiary/aromatic N) is 2. The quantitative estimate of drug-likeness (QED) is 0.730. The van der Waals surface area contributed by atoms with Crippen molar-refractivity contribution in [1.29, 1.82) is 5.26 Å². The van der Waals surface area contributed by atoms with Crippen molar-refractivity contribution in [3.8, 4) is 6.07 Å². The lowest BCUT2D eigenvalue weighted by atomic mass is 10.2. The van der Waals surface area contributed by atoms with Crippen molar-refractivity contribution in [2.45, 2.75) is 32.8 Å². The van der Waals surface area contributed by atoms with Gasteiger partial charge in [-0.15, -0.1) is 0 Å². The molecule has 0 radical (unpaired) electrons. The molecule has 0 aromatic carbocycles. The number of carbonyl (C=O) groups is 2. The maximum Gasteiger partial charge on any atom is 0.411 e. The van der Waals surface area contributed by atoms with Crippen LogP contribution in [0.3, 0.4) is 0 Å². The molecule has 0 heterocycles. The summed E-state index contributed by atoms with van der Waals surface area (Å²) in [5, 5.41) is 17.0. The monoisotopic (exact) mass is 228 g/mol. The zero-order chi connectivity index (χ0) is 12.8. The number of hydrogen-bond acceptors (Lipinski definition) is 4. The van der Waals surface area contributed by atoms with E-state index in [2.05, 4.69) is 0 Å². The summed E-state index contributed by atoms with van der Waals surface area (Å²) < 4.78 is 5.03. The lowest BCUT2D eigenvalue weighted by Gasteiger charge is -2.25. The summed E-state index contributed by atoms with van der Waals surface area (Å²) in [7, 11) is 0. The average molecular weight is 228 g/mol. The molecular weight excluding hydrogens is 212 g/mol. The van der Waals surface area contributed by atoms with Crippen LogP contribution in [-0.4, -0.2) is 40.8 Å². The molecule has 90 valence electrons. The van der Waals surface area contributed by atoms with Crippen LogP contribution in [-0.2, 0) is 9.53 Å². The van der Waals surface area contributed by atoms with Gasteiger partial charge in [-0.1, -0.05) is 0 Å². The molecule has 0 fully saturated rings. The standard InChI is InChI=1S/C10H16N2O4/c1-10(2,3)16-9(15)12(7-5-11)6-4-8(13)14/h4,6-7H2,1-3H3,(H,13,14). The molecule has 6 nitrogen and oxygen atoms in total. The molecule has 0 spiro atoms. The molecule has 0 aromatic heterocycles. The van der Waals surface area contributed by atoms with Gasteiger partial charge in [-0.2, -0.15) is 5.26 Å². The van der Waals surface area contributed by atoms with E-state index in [9.17, 15) is 9.59 Å². The predicted molar refractivity (Wildman–Crippen MR) is 55.7 cm³/mol. The van der Waals surface area contributed by atoms with Crippen molar-refractivity contribution in [3.05, 3.63) is 0 Å². The molecule has 0 rings (SSSR count). The van der Waals surface area contributed by atoms with Gasteiger partial charge in [-0.05, 0) is 20.8 Å². The van der Waals surface area contributed by atoms with Crippen molar-refractivity contribution in [1.82, 2.24) is 4.90 Å². The summed E-state index contributed by atoms with van der Waals surface area (Å²) in [6.07, 6.45) is -0.878. The highest BCUT2D eigenvalue weighted by Crippen LogP contribution is 2.09. The fourth-order valence-electron chi connectivity index (χ4n) is 0.877. The predicted octanol–water partition coefficient (Wildman–Crippen LogP) is 1.22. The Bertz CT molecular complexity index is 301. The smallest absolute Gasteiger partial charge is 0.411 e. The number of carbonyl (C=O) groups excluding carboxylic acids is 1. The molecule has 0 bridgehead atoms. The van der Waals surface area contributed by atoms with Crippen LogP contribution in [0.15, 0.2) is 0 Å². The van der Waals surface area contributed by atoms with Gasteiger partial charge in [0, 0.05) is 6.54 Å². The highest BCUT2D eigenvalue weighted by Gasteiger charge is 2.22. The largest absolute Gasteiger partial charge is 0.481 e. The molecule has 1 amide bonds. The van der Waals surface area contributed by atoms with Gasteiger partial charge >= 0.3 is 12.1 Å². The van der Waals surface area contributed by atoms with Gasteiger partial charge in [-0.3, -0.25) is 9.69 Å². The van der Waals surface area contributed by atoms with E-state index >= 15 is 0 Å². The number of rotatable bonds is 4. The minimum absolute atomic E-state index is 0.0300. The van der Waals surface area contributed by atoms with E-state index in [-0.39, 0.29) is 19.5 Å². The SMILES string of the molecule is CC(C)(C)OC(=O)N(CC#N)CCC(=O)O. The first kappa shape index (κ1) is 14.2. The van der Waals surface area contributed by atoms with Gasteiger partial charge in [0.05, 0.1) is 12.5 Å². The van der Waals surface area contributed by atoms with E-state index < -0.39 is 17.7 Å². The van der Waals surface area contributed by atoms with Crippen LogP contribution in [0, 0.1) is 11.3 Å². The van der Waals surface area contributed by atoms with Crippen LogP contribution in [0.4, 0.5) is 4.79 Å². The lowest BCUT2D eigenvalue weighted by molar-refractivity contribution is -0.137. The minimum atomic E-state index is -1.02. The summed E-state index contributed by atoms with van der Waals surface area (Å²) in [5.41, 5.74) is -0.659. The van der Waals surface area contributed by atoms with Gasteiger partial charge in [0.2, 0.25) is 0 Å². The summed E-state index contributed by atoms with van der Waals surface area (Å²) in [6, 6.07) is 1.79. The molecular formula is C10H16N2O4. The second kappa shape index (κ2) is 5.95. The summed E-state index contributed by atoms with van der Waals surface area (Å²) >= 11 is 0. The number of ether oxygens (including phenoxy) is 1. The molecule has 1 N–H and O–H groups in total. The van der Waals surface area contributed by atoms with Crippen LogP contribution in [0.5, 0.6) is 0 Å². The fourth-order valence-corrected chi connectivity index (χ4v) is 0.877. The van der Waals surface area contributed by atoms with Crippen LogP contribution in [0.25, 0.3) is 0 Å². The molecule has 0 saturated carbocycles. The number of carboxylic acids is 1. The van der Waals surface area contributed by atoms with Gasteiger partial charge in [-0.25, -0.2) is 4.79 Å². The van der Waals surface area contributed by atoms with E-state index in [4.69, 9.17) is 15.1 Å². The molecule has 6 heteroatoms. The van der Waals surface area contributed by atoms with Crippen LogP contribution >= 0.6 is 0 Å². The van der Waals surface area contributed by atoms with E-state index in [0.29, 0.717) is 0 Å². The zero-order valence-electron chi connectivity index (χ0n) is 9.69. The van der Waals surface area contributed by atoms with Crippen LogP contribution in [0.2, 0.25) is 0 Å². The van der Waals surface area contributed by atoms with Crippen LogP contribution < -0.4 is 0 Å². The van der Waals surface area contributed by atoms with Gasteiger partial charge in [0.25, 0.3) is 0 Å². The number of carboxylic acid groups (broad SMARTS) is 1. The maximum atomic E-state index is 11.5. The Balaban J connectivity index is 4.36. The topological polar surface area (TPSA) is 90.6 Å².